The molecule has 0 fully saturated rings. The first-order chi connectivity index (χ1) is 24.3. The normalized spacial score (nSPS) is 11.5. The molecule has 0 N–H and O–H groups in total. The van der Waals surface area contributed by atoms with Crippen LogP contribution in [0.3, 0.4) is 0 Å². The van der Waals surface area contributed by atoms with Crippen LogP contribution in [-0.2, 0) is 66.4 Å². The molecule has 0 aromatic heterocycles. The van der Waals surface area contributed by atoms with Crippen molar-refractivity contribution >= 4 is 5.97 Å². The minimum Gasteiger partial charge on any atom is -0.463 e. The van der Waals surface area contributed by atoms with Crippen LogP contribution in [0, 0.1) is 0 Å². The highest BCUT2D eigenvalue weighted by molar-refractivity contribution is 5.69. The molecule has 0 amide bonds. The molecule has 0 aliphatic heterocycles. The van der Waals surface area contributed by atoms with Gasteiger partial charge in [-0.1, -0.05) is 32.6 Å². The Bertz CT molecular complexity index is 623. The molecule has 0 aromatic carbocycles. The smallest absolute Gasteiger partial charge is 0.305 e. The zero-order valence-corrected chi connectivity index (χ0v) is 30.2. The minimum atomic E-state index is -0.478. The van der Waals surface area contributed by atoms with Crippen LogP contribution in [0.2, 0.25) is 0 Å². The Morgan fingerprint density at radius 1 is 0.347 bits per heavy atom. The number of hydrogen-bond acceptors (Lipinski definition) is 14. The minimum absolute atomic E-state index is 0.110. The van der Waals surface area contributed by atoms with Crippen molar-refractivity contribution in [1.29, 1.82) is 0 Å². The fraction of sp³-hybridized carbons (Fsp3) is 0.971. The van der Waals surface area contributed by atoms with E-state index in [-0.39, 0.29) is 19.2 Å². The lowest BCUT2D eigenvalue weighted by Gasteiger charge is -2.09. The number of halogens is 1. The van der Waals surface area contributed by atoms with Crippen LogP contribution in [0.25, 0.3) is 0 Å². The van der Waals surface area contributed by atoms with Crippen LogP contribution in [0.1, 0.15) is 45.4 Å². The number of ether oxygens (including phenoxy) is 13. The second-order valence-electron chi connectivity index (χ2n) is 10.4. The van der Waals surface area contributed by atoms with Gasteiger partial charge in [-0.2, -0.15) is 0 Å². The molecule has 0 heterocycles. The SMILES string of the molecule is CCCCCCCC(=O)OCCOCCOCCOCCOCCOCCOCCOCCOCCOCCOCCOCCOCCF. The summed E-state index contributed by atoms with van der Waals surface area (Å²) in [7, 11) is 0. The molecule has 15 heteroatoms. The maximum atomic E-state index is 11.8. The van der Waals surface area contributed by atoms with E-state index in [1.807, 2.05) is 0 Å². The molecule has 294 valence electrons. The maximum absolute atomic E-state index is 11.8. The lowest BCUT2D eigenvalue weighted by Crippen LogP contribution is -2.15. The van der Waals surface area contributed by atoms with Gasteiger partial charge in [-0.05, 0) is 6.42 Å². The first-order valence-corrected chi connectivity index (χ1v) is 18.0. The standard InChI is InChI=1S/C34H67FO14/c1-2-3-4-5-6-7-34(36)49-33-32-48-31-30-47-29-28-46-27-26-45-25-24-44-23-22-43-21-20-42-19-18-41-17-16-40-15-14-39-13-12-38-11-10-37-9-8-35/h2-33H2,1H3. The van der Waals surface area contributed by atoms with E-state index < -0.39 is 6.67 Å². The monoisotopic (exact) mass is 718 g/mol. The zero-order valence-electron chi connectivity index (χ0n) is 30.2. The van der Waals surface area contributed by atoms with Crippen molar-refractivity contribution < 1.29 is 70.8 Å². The van der Waals surface area contributed by atoms with Crippen molar-refractivity contribution in [3.63, 3.8) is 0 Å². The lowest BCUT2D eigenvalue weighted by molar-refractivity contribution is -0.145. The number of alkyl halides is 1. The largest absolute Gasteiger partial charge is 0.463 e. The van der Waals surface area contributed by atoms with Crippen molar-refractivity contribution in [2.75, 3.05) is 172 Å². The Morgan fingerprint density at radius 3 is 0.857 bits per heavy atom. The van der Waals surface area contributed by atoms with Gasteiger partial charge in [0.1, 0.15) is 13.3 Å². The summed E-state index contributed by atoms with van der Waals surface area (Å²) in [5, 5.41) is 0. The van der Waals surface area contributed by atoms with E-state index in [2.05, 4.69) is 6.92 Å². The molecule has 0 aliphatic rings. The molecule has 0 saturated carbocycles. The third-order valence-electron chi connectivity index (χ3n) is 6.29. The molecule has 0 rings (SSSR count). The van der Waals surface area contributed by atoms with Crippen LogP contribution in [-0.4, -0.2) is 178 Å². The van der Waals surface area contributed by atoms with Gasteiger partial charge in [0.15, 0.2) is 0 Å². The number of carbonyl (C=O) groups is 1. The van der Waals surface area contributed by atoms with Crippen LogP contribution in [0.15, 0.2) is 0 Å². The fourth-order valence-electron chi connectivity index (χ4n) is 3.74. The highest BCUT2D eigenvalue weighted by Gasteiger charge is 2.02. The van der Waals surface area contributed by atoms with Gasteiger partial charge < -0.3 is 61.6 Å². The van der Waals surface area contributed by atoms with Crippen molar-refractivity contribution in [2.45, 2.75) is 45.4 Å². The van der Waals surface area contributed by atoms with Crippen LogP contribution >= 0.6 is 0 Å². The predicted molar refractivity (Wildman–Crippen MR) is 180 cm³/mol. The molecule has 14 nitrogen and oxygen atoms in total. The first kappa shape index (κ1) is 47.9. The van der Waals surface area contributed by atoms with E-state index in [0.29, 0.717) is 158 Å². The Hall–Kier alpha value is -1.08. The van der Waals surface area contributed by atoms with Crippen molar-refractivity contribution in [2.24, 2.45) is 0 Å². The van der Waals surface area contributed by atoms with Gasteiger partial charge in [-0.3, -0.25) is 4.79 Å². The second kappa shape index (κ2) is 44.9. The van der Waals surface area contributed by atoms with Gasteiger partial charge in [0.2, 0.25) is 0 Å². The summed E-state index contributed by atoms with van der Waals surface area (Å²) in [6, 6.07) is 0. The first-order valence-electron chi connectivity index (χ1n) is 18.0. The number of esters is 1. The Kier molecular flexibility index (Phi) is 44.0. The van der Waals surface area contributed by atoms with Gasteiger partial charge in [0.05, 0.1) is 159 Å². The van der Waals surface area contributed by atoms with Crippen LogP contribution < -0.4 is 0 Å². The number of rotatable bonds is 44. The second-order valence-corrected chi connectivity index (χ2v) is 10.4. The molecule has 0 bridgehead atoms. The third kappa shape index (κ3) is 44.9. The molecule has 0 aromatic rings. The molecule has 0 saturated heterocycles. The summed E-state index contributed by atoms with van der Waals surface area (Å²) in [6.45, 7) is 13.0. The zero-order chi connectivity index (χ0) is 35.4. The lowest BCUT2D eigenvalue weighted by atomic mass is 10.1. The quantitative estimate of drug-likeness (QED) is 0.0674. The van der Waals surface area contributed by atoms with E-state index in [1.165, 1.54) is 19.3 Å². The number of carbonyl (C=O) groups excluding carboxylic acids is 1. The average molecular weight is 719 g/mol. The summed E-state index contributed by atoms with van der Waals surface area (Å²) in [5.41, 5.74) is 0. The van der Waals surface area contributed by atoms with Crippen LogP contribution in [0.5, 0.6) is 0 Å². The van der Waals surface area contributed by atoms with Crippen LogP contribution in [0.4, 0.5) is 4.39 Å². The predicted octanol–water partition coefficient (Wildman–Crippen LogP) is 3.06. The van der Waals surface area contributed by atoms with E-state index in [4.69, 9.17) is 61.6 Å². The molecule has 0 unspecified atom stereocenters. The number of unbranched alkanes of at least 4 members (excludes halogenated alkanes) is 4. The molecular weight excluding hydrogens is 651 g/mol. The summed E-state index contributed by atoms with van der Waals surface area (Å²) in [6.07, 6.45) is 6.05. The Morgan fingerprint density at radius 2 is 0.592 bits per heavy atom. The highest BCUT2D eigenvalue weighted by Crippen LogP contribution is 2.05. The molecule has 0 radical (unpaired) electrons. The molecule has 0 aliphatic carbocycles. The molecule has 0 atom stereocenters. The van der Waals surface area contributed by atoms with Gasteiger partial charge in [0.25, 0.3) is 0 Å². The molecule has 0 spiro atoms. The average Bonchev–Trinajstić information content (AvgIpc) is 3.11. The van der Waals surface area contributed by atoms with Gasteiger partial charge >= 0.3 is 5.97 Å². The summed E-state index contributed by atoms with van der Waals surface area (Å²) >= 11 is 0. The van der Waals surface area contributed by atoms with E-state index in [1.54, 1.807) is 0 Å². The number of hydrogen-bond donors (Lipinski definition) is 0. The summed E-state index contributed by atoms with van der Waals surface area (Å²) in [4.78, 5) is 11.6. The van der Waals surface area contributed by atoms with E-state index >= 15 is 0 Å². The molecular formula is C34H67FO14. The van der Waals surface area contributed by atoms with Gasteiger partial charge in [0, 0.05) is 6.42 Å². The van der Waals surface area contributed by atoms with Crippen molar-refractivity contribution in [3.05, 3.63) is 0 Å². The third-order valence-corrected chi connectivity index (χ3v) is 6.29. The fourth-order valence-corrected chi connectivity index (χ4v) is 3.74. The summed E-state index contributed by atoms with van der Waals surface area (Å²) in [5.74, 6) is -0.151. The highest BCUT2D eigenvalue weighted by atomic mass is 19.1. The Labute approximate surface area is 294 Å². The molecule has 49 heavy (non-hydrogen) atoms. The Balaban J connectivity index is 3.08. The van der Waals surface area contributed by atoms with Crippen molar-refractivity contribution in [1.82, 2.24) is 0 Å². The van der Waals surface area contributed by atoms with E-state index in [9.17, 15) is 9.18 Å². The topological polar surface area (TPSA) is 137 Å². The summed E-state index contributed by atoms with van der Waals surface area (Å²) < 4.78 is 81.7. The van der Waals surface area contributed by atoms with E-state index in [0.717, 1.165) is 12.8 Å². The van der Waals surface area contributed by atoms with Crippen molar-refractivity contribution in [3.8, 4) is 0 Å². The van der Waals surface area contributed by atoms with Gasteiger partial charge in [-0.15, -0.1) is 0 Å². The maximum Gasteiger partial charge on any atom is 0.305 e. The van der Waals surface area contributed by atoms with Gasteiger partial charge in [-0.25, -0.2) is 4.39 Å².